The average Bonchev–Trinajstić information content (AvgIpc) is 2.42. The van der Waals surface area contributed by atoms with Crippen molar-refractivity contribution in [3.05, 3.63) is 22.7 Å². The Labute approximate surface area is 127 Å². The van der Waals surface area contributed by atoms with Gasteiger partial charge < -0.3 is 19.7 Å². The van der Waals surface area contributed by atoms with E-state index in [0.29, 0.717) is 23.1 Å². The summed E-state index contributed by atoms with van der Waals surface area (Å²) in [6.07, 6.45) is 0.950. The number of nitrogens with zero attached hydrogens (tertiary/aromatic N) is 1. The van der Waals surface area contributed by atoms with Crippen LogP contribution in [0.1, 0.15) is 18.9 Å². The summed E-state index contributed by atoms with van der Waals surface area (Å²) >= 11 is 6.29. The van der Waals surface area contributed by atoms with Crippen LogP contribution in [0.2, 0.25) is 5.02 Å². The Balaban J connectivity index is 2.69. The number of nitrogens with one attached hydrogen (secondary N) is 1. The Kier molecular flexibility index (Phi) is 7.73. The molecule has 0 atom stereocenters. The molecule has 20 heavy (non-hydrogen) atoms. The van der Waals surface area contributed by atoms with Crippen molar-refractivity contribution in [2.24, 2.45) is 0 Å². The summed E-state index contributed by atoms with van der Waals surface area (Å²) in [4.78, 5) is 2.13. The van der Waals surface area contributed by atoms with Crippen LogP contribution in [0, 0.1) is 0 Å². The first-order valence-electron chi connectivity index (χ1n) is 6.93. The number of methoxy groups -OCH3 is 1. The molecule has 0 fully saturated rings. The Morgan fingerprint density at radius 2 is 2.05 bits per heavy atom. The van der Waals surface area contributed by atoms with Crippen molar-refractivity contribution >= 4 is 11.6 Å². The highest BCUT2D eigenvalue weighted by molar-refractivity contribution is 6.32. The predicted molar refractivity (Wildman–Crippen MR) is 84.1 cm³/mol. The Hall–Kier alpha value is -0.970. The van der Waals surface area contributed by atoms with Gasteiger partial charge in [0.25, 0.3) is 0 Å². The van der Waals surface area contributed by atoms with E-state index in [-0.39, 0.29) is 0 Å². The van der Waals surface area contributed by atoms with Crippen LogP contribution in [0.25, 0.3) is 0 Å². The lowest BCUT2D eigenvalue weighted by Gasteiger charge is -2.15. The minimum absolute atomic E-state index is 0.599. The van der Waals surface area contributed by atoms with Gasteiger partial charge in [0.05, 0.1) is 18.7 Å². The van der Waals surface area contributed by atoms with E-state index < -0.39 is 0 Å². The van der Waals surface area contributed by atoms with Gasteiger partial charge in [-0.05, 0) is 44.8 Å². The van der Waals surface area contributed by atoms with Crippen molar-refractivity contribution in [1.82, 2.24) is 10.2 Å². The van der Waals surface area contributed by atoms with E-state index in [1.807, 2.05) is 26.2 Å². The van der Waals surface area contributed by atoms with Crippen LogP contribution in [0.3, 0.4) is 0 Å². The summed E-state index contributed by atoms with van der Waals surface area (Å²) in [7, 11) is 5.72. The minimum atomic E-state index is 0.599. The van der Waals surface area contributed by atoms with E-state index in [9.17, 15) is 0 Å². The predicted octanol–water partition coefficient (Wildman–Crippen LogP) is 2.79. The van der Waals surface area contributed by atoms with Gasteiger partial charge in [-0.25, -0.2) is 0 Å². The standard InChI is InChI=1S/C15H25ClN2O2/c1-5-17-11-12-9-13(16)15(14(10-12)19-4)20-8-6-7-18(2)3/h9-10,17H,5-8,11H2,1-4H3. The van der Waals surface area contributed by atoms with E-state index in [2.05, 4.69) is 17.1 Å². The van der Waals surface area contributed by atoms with Gasteiger partial charge in [0.2, 0.25) is 0 Å². The third kappa shape index (κ3) is 5.57. The normalized spacial score (nSPS) is 10.9. The molecule has 0 aliphatic carbocycles. The molecule has 1 aromatic rings. The van der Waals surface area contributed by atoms with Gasteiger partial charge in [-0.2, -0.15) is 0 Å². The summed E-state index contributed by atoms with van der Waals surface area (Å²) in [5, 5.41) is 3.87. The lowest BCUT2D eigenvalue weighted by molar-refractivity contribution is 0.268. The SMILES string of the molecule is CCNCc1cc(Cl)c(OCCCN(C)C)c(OC)c1. The Morgan fingerprint density at radius 3 is 2.65 bits per heavy atom. The summed E-state index contributed by atoms with van der Waals surface area (Å²) in [5.74, 6) is 1.32. The van der Waals surface area contributed by atoms with Crippen LogP contribution in [-0.2, 0) is 6.54 Å². The quantitative estimate of drug-likeness (QED) is 0.711. The second-order valence-electron chi connectivity index (χ2n) is 4.89. The molecule has 0 saturated heterocycles. The fourth-order valence-electron chi connectivity index (χ4n) is 1.84. The zero-order chi connectivity index (χ0) is 15.0. The largest absolute Gasteiger partial charge is 0.493 e. The third-order valence-corrected chi connectivity index (χ3v) is 3.15. The molecule has 4 nitrogen and oxygen atoms in total. The number of benzene rings is 1. The zero-order valence-corrected chi connectivity index (χ0v) is 13.6. The van der Waals surface area contributed by atoms with Gasteiger partial charge in [-0.1, -0.05) is 18.5 Å². The second-order valence-corrected chi connectivity index (χ2v) is 5.30. The maximum absolute atomic E-state index is 6.29. The Bertz CT molecular complexity index is 411. The van der Waals surface area contributed by atoms with Crippen LogP contribution in [0.4, 0.5) is 0 Å². The second kappa shape index (κ2) is 9.06. The monoisotopic (exact) mass is 300 g/mol. The first-order chi connectivity index (χ1) is 9.58. The number of halogens is 1. The van der Waals surface area contributed by atoms with Crippen LogP contribution in [0.15, 0.2) is 12.1 Å². The molecule has 0 spiro atoms. The van der Waals surface area contributed by atoms with Crippen LogP contribution < -0.4 is 14.8 Å². The molecule has 1 rings (SSSR count). The van der Waals surface area contributed by atoms with E-state index >= 15 is 0 Å². The molecule has 0 aliphatic heterocycles. The van der Waals surface area contributed by atoms with Crippen molar-refractivity contribution in [2.75, 3.05) is 40.9 Å². The molecular weight excluding hydrogens is 276 g/mol. The number of ether oxygens (including phenoxy) is 2. The molecular formula is C15H25ClN2O2. The molecule has 0 bridgehead atoms. The fourth-order valence-corrected chi connectivity index (χ4v) is 2.13. The van der Waals surface area contributed by atoms with Crippen LogP contribution >= 0.6 is 11.6 Å². The molecule has 0 heterocycles. The number of hydrogen-bond acceptors (Lipinski definition) is 4. The first-order valence-corrected chi connectivity index (χ1v) is 7.31. The molecule has 0 saturated carbocycles. The van der Waals surface area contributed by atoms with Crippen molar-refractivity contribution in [3.63, 3.8) is 0 Å². The smallest absolute Gasteiger partial charge is 0.179 e. The van der Waals surface area contributed by atoms with Crippen LogP contribution in [0.5, 0.6) is 11.5 Å². The summed E-state index contributed by atoms with van der Waals surface area (Å²) in [5.41, 5.74) is 1.09. The Morgan fingerprint density at radius 1 is 1.30 bits per heavy atom. The molecule has 0 aromatic heterocycles. The highest BCUT2D eigenvalue weighted by Gasteiger charge is 2.11. The van der Waals surface area contributed by atoms with Crippen molar-refractivity contribution in [2.45, 2.75) is 19.9 Å². The molecule has 0 radical (unpaired) electrons. The molecule has 114 valence electrons. The van der Waals surface area contributed by atoms with E-state index in [1.165, 1.54) is 0 Å². The molecule has 0 unspecified atom stereocenters. The maximum atomic E-state index is 6.29. The average molecular weight is 301 g/mol. The minimum Gasteiger partial charge on any atom is -0.493 e. The number of hydrogen-bond donors (Lipinski definition) is 1. The lowest BCUT2D eigenvalue weighted by atomic mass is 10.2. The topological polar surface area (TPSA) is 33.7 Å². The first kappa shape index (κ1) is 17.1. The van der Waals surface area contributed by atoms with Gasteiger partial charge in [-0.3, -0.25) is 0 Å². The summed E-state index contributed by atoms with van der Waals surface area (Å²) < 4.78 is 11.1. The molecule has 1 aromatic carbocycles. The molecule has 0 amide bonds. The van der Waals surface area contributed by atoms with Crippen molar-refractivity contribution in [1.29, 1.82) is 0 Å². The van der Waals surface area contributed by atoms with Crippen LogP contribution in [-0.4, -0.2) is 45.8 Å². The van der Waals surface area contributed by atoms with Crippen molar-refractivity contribution < 1.29 is 9.47 Å². The summed E-state index contributed by atoms with van der Waals surface area (Å²) in [6, 6.07) is 3.89. The number of rotatable bonds is 9. The molecule has 5 heteroatoms. The third-order valence-electron chi connectivity index (χ3n) is 2.86. The van der Waals surface area contributed by atoms with Gasteiger partial charge in [0.15, 0.2) is 11.5 Å². The van der Waals surface area contributed by atoms with Gasteiger partial charge in [0.1, 0.15) is 0 Å². The lowest BCUT2D eigenvalue weighted by Crippen LogP contribution is -2.16. The van der Waals surface area contributed by atoms with E-state index in [4.69, 9.17) is 21.1 Å². The van der Waals surface area contributed by atoms with Crippen molar-refractivity contribution in [3.8, 4) is 11.5 Å². The summed E-state index contributed by atoms with van der Waals surface area (Å²) in [6.45, 7) is 5.37. The highest BCUT2D eigenvalue weighted by Crippen LogP contribution is 2.36. The van der Waals surface area contributed by atoms with E-state index in [0.717, 1.165) is 31.6 Å². The zero-order valence-electron chi connectivity index (χ0n) is 12.8. The molecule has 0 aliphatic rings. The fraction of sp³-hybridized carbons (Fsp3) is 0.600. The van der Waals surface area contributed by atoms with Gasteiger partial charge in [0, 0.05) is 13.1 Å². The van der Waals surface area contributed by atoms with Gasteiger partial charge >= 0.3 is 0 Å². The molecule has 1 N–H and O–H groups in total. The highest BCUT2D eigenvalue weighted by atomic mass is 35.5. The van der Waals surface area contributed by atoms with E-state index in [1.54, 1.807) is 7.11 Å². The van der Waals surface area contributed by atoms with Gasteiger partial charge in [-0.15, -0.1) is 0 Å². The maximum Gasteiger partial charge on any atom is 0.179 e.